The summed E-state index contributed by atoms with van der Waals surface area (Å²) >= 11 is 3.39. The average molecular weight is 296 g/mol. The van der Waals surface area contributed by atoms with Crippen molar-refractivity contribution < 1.29 is 4.74 Å². The van der Waals surface area contributed by atoms with Gasteiger partial charge in [0.05, 0.1) is 0 Å². The van der Waals surface area contributed by atoms with Gasteiger partial charge in [0.1, 0.15) is 18.7 Å². The molecule has 1 aromatic heterocycles. The van der Waals surface area contributed by atoms with Crippen LogP contribution in [0.3, 0.4) is 0 Å². The second-order valence-corrected chi connectivity index (χ2v) is 4.56. The molecule has 0 aliphatic heterocycles. The summed E-state index contributed by atoms with van der Waals surface area (Å²) in [5.41, 5.74) is 0. The molecule has 90 valence electrons. The molecule has 0 aliphatic rings. The maximum Gasteiger partial charge on any atom is 0.164 e. The molecule has 0 atom stereocenters. The highest BCUT2D eigenvalue weighted by Crippen LogP contribution is 2.16. The van der Waals surface area contributed by atoms with Crippen LogP contribution in [-0.2, 0) is 13.2 Å². The molecule has 0 aliphatic carbocycles. The van der Waals surface area contributed by atoms with Crippen molar-refractivity contribution in [3.63, 3.8) is 0 Å². The maximum absolute atomic E-state index is 5.65. The summed E-state index contributed by atoms with van der Waals surface area (Å²) in [5.74, 6) is 1.69. The maximum atomic E-state index is 5.65. The fourth-order valence-electron chi connectivity index (χ4n) is 1.48. The molecule has 1 aromatic carbocycles. The van der Waals surface area contributed by atoms with Crippen LogP contribution in [0, 0.1) is 0 Å². The molecule has 2 rings (SSSR count). The standard InChI is InChI=1S/C12H14BrN3O/c1-2-7-16-12(14-9-15-16)8-17-11-5-3-10(13)4-6-11/h3-6,9H,2,7-8H2,1H3. The fraction of sp³-hybridized carbons (Fsp3) is 0.333. The normalized spacial score (nSPS) is 10.5. The van der Waals surface area contributed by atoms with Crippen molar-refractivity contribution in [1.29, 1.82) is 0 Å². The van der Waals surface area contributed by atoms with Crippen molar-refractivity contribution in [2.24, 2.45) is 0 Å². The highest BCUT2D eigenvalue weighted by atomic mass is 79.9. The summed E-state index contributed by atoms with van der Waals surface area (Å²) < 4.78 is 8.56. The van der Waals surface area contributed by atoms with E-state index in [1.807, 2.05) is 28.9 Å². The minimum atomic E-state index is 0.446. The molecule has 0 saturated carbocycles. The first-order valence-corrected chi connectivity index (χ1v) is 6.34. The van der Waals surface area contributed by atoms with E-state index < -0.39 is 0 Å². The molecule has 0 radical (unpaired) electrons. The molecule has 0 spiro atoms. The summed E-state index contributed by atoms with van der Waals surface area (Å²) in [5, 5.41) is 4.15. The van der Waals surface area contributed by atoms with Crippen LogP contribution in [0.1, 0.15) is 19.2 Å². The van der Waals surface area contributed by atoms with Crippen LogP contribution in [0.15, 0.2) is 35.1 Å². The molecule has 4 nitrogen and oxygen atoms in total. The van der Waals surface area contributed by atoms with Crippen LogP contribution < -0.4 is 4.74 Å². The van der Waals surface area contributed by atoms with Gasteiger partial charge >= 0.3 is 0 Å². The number of hydrogen-bond acceptors (Lipinski definition) is 3. The fourth-order valence-corrected chi connectivity index (χ4v) is 1.74. The Labute approximate surface area is 109 Å². The molecule has 5 heteroatoms. The number of rotatable bonds is 5. The van der Waals surface area contributed by atoms with Crippen molar-refractivity contribution in [2.45, 2.75) is 26.5 Å². The van der Waals surface area contributed by atoms with Gasteiger partial charge in [0.15, 0.2) is 5.82 Å². The molecular formula is C12H14BrN3O. The lowest BCUT2D eigenvalue weighted by Gasteiger charge is -2.07. The van der Waals surface area contributed by atoms with Gasteiger partial charge in [-0.2, -0.15) is 5.10 Å². The van der Waals surface area contributed by atoms with Gasteiger partial charge in [-0.05, 0) is 30.7 Å². The lowest BCUT2D eigenvalue weighted by atomic mass is 10.3. The Morgan fingerprint density at radius 1 is 1.29 bits per heavy atom. The molecule has 17 heavy (non-hydrogen) atoms. The third-order valence-corrected chi connectivity index (χ3v) is 2.84. The van der Waals surface area contributed by atoms with Crippen molar-refractivity contribution in [1.82, 2.24) is 14.8 Å². The van der Waals surface area contributed by atoms with E-state index in [0.29, 0.717) is 6.61 Å². The van der Waals surface area contributed by atoms with E-state index in [1.165, 1.54) is 0 Å². The van der Waals surface area contributed by atoms with Gasteiger partial charge in [-0.15, -0.1) is 0 Å². The zero-order valence-corrected chi connectivity index (χ0v) is 11.2. The van der Waals surface area contributed by atoms with Crippen LogP contribution in [0.4, 0.5) is 0 Å². The molecule has 1 heterocycles. The first kappa shape index (κ1) is 12.1. The number of hydrogen-bond donors (Lipinski definition) is 0. The van der Waals surface area contributed by atoms with E-state index in [-0.39, 0.29) is 0 Å². The highest BCUT2D eigenvalue weighted by molar-refractivity contribution is 9.10. The van der Waals surface area contributed by atoms with Gasteiger partial charge in [-0.1, -0.05) is 22.9 Å². The minimum Gasteiger partial charge on any atom is -0.486 e. The van der Waals surface area contributed by atoms with Gasteiger partial charge in [-0.3, -0.25) is 0 Å². The Hall–Kier alpha value is -1.36. The Kier molecular flexibility index (Phi) is 4.14. The average Bonchev–Trinajstić information content (AvgIpc) is 2.77. The predicted molar refractivity (Wildman–Crippen MR) is 68.8 cm³/mol. The van der Waals surface area contributed by atoms with E-state index in [2.05, 4.69) is 32.9 Å². The van der Waals surface area contributed by atoms with E-state index in [1.54, 1.807) is 6.33 Å². The molecule has 0 N–H and O–H groups in total. The second kappa shape index (κ2) is 5.82. The number of aromatic nitrogens is 3. The van der Waals surface area contributed by atoms with Crippen LogP contribution in [0.2, 0.25) is 0 Å². The Balaban J connectivity index is 1.97. The summed E-state index contributed by atoms with van der Waals surface area (Å²) in [6.45, 7) is 3.43. The zero-order valence-electron chi connectivity index (χ0n) is 9.64. The van der Waals surface area contributed by atoms with Gasteiger partial charge in [0, 0.05) is 11.0 Å². The van der Waals surface area contributed by atoms with Crippen molar-refractivity contribution in [3.05, 3.63) is 40.9 Å². The highest BCUT2D eigenvalue weighted by Gasteiger charge is 2.04. The van der Waals surface area contributed by atoms with E-state index in [9.17, 15) is 0 Å². The molecule has 2 aromatic rings. The second-order valence-electron chi connectivity index (χ2n) is 3.64. The minimum absolute atomic E-state index is 0.446. The van der Waals surface area contributed by atoms with E-state index in [4.69, 9.17) is 4.74 Å². The number of nitrogens with zero attached hydrogens (tertiary/aromatic N) is 3. The lowest BCUT2D eigenvalue weighted by molar-refractivity contribution is 0.286. The number of halogens is 1. The number of aryl methyl sites for hydroxylation is 1. The molecular weight excluding hydrogens is 282 g/mol. The van der Waals surface area contributed by atoms with Crippen LogP contribution in [0.5, 0.6) is 5.75 Å². The third-order valence-electron chi connectivity index (χ3n) is 2.31. The summed E-state index contributed by atoms with van der Waals surface area (Å²) in [4.78, 5) is 4.19. The Morgan fingerprint density at radius 3 is 2.76 bits per heavy atom. The Bertz CT molecular complexity index is 467. The van der Waals surface area contributed by atoms with Gasteiger partial charge < -0.3 is 4.74 Å². The molecule has 0 saturated heterocycles. The molecule has 0 bridgehead atoms. The number of ether oxygens (including phenoxy) is 1. The van der Waals surface area contributed by atoms with Crippen molar-refractivity contribution >= 4 is 15.9 Å². The van der Waals surface area contributed by atoms with Crippen molar-refractivity contribution in [3.8, 4) is 5.75 Å². The SMILES string of the molecule is CCCn1ncnc1COc1ccc(Br)cc1. The van der Waals surface area contributed by atoms with Crippen LogP contribution >= 0.6 is 15.9 Å². The number of benzene rings is 1. The van der Waals surface area contributed by atoms with E-state index >= 15 is 0 Å². The van der Waals surface area contributed by atoms with E-state index in [0.717, 1.165) is 29.0 Å². The smallest absolute Gasteiger partial charge is 0.164 e. The van der Waals surface area contributed by atoms with Gasteiger partial charge in [0.2, 0.25) is 0 Å². The molecule has 0 unspecified atom stereocenters. The summed E-state index contributed by atoms with van der Waals surface area (Å²) in [6.07, 6.45) is 2.60. The van der Waals surface area contributed by atoms with Gasteiger partial charge in [-0.25, -0.2) is 9.67 Å². The van der Waals surface area contributed by atoms with Crippen LogP contribution in [-0.4, -0.2) is 14.8 Å². The predicted octanol–water partition coefficient (Wildman–Crippen LogP) is 3.03. The topological polar surface area (TPSA) is 39.9 Å². The first-order valence-electron chi connectivity index (χ1n) is 5.54. The quantitative estimate of drug-likeness (QED) is 0.851. The van der Waals surface area contributed by atoms with Crippen LogP contribution in [0.25, 0.3) is 0 Å². The largest absolute Gasteiger partial charge is 0.486 e. The monoisotopic (exact) mass is 295 g/mol. The summed E-state index contributed by atoms with van der Waals surface area (Å²) in [6, 6.07) is 7.74. The van der Waals surface area contributed by atoms with Gasteiger partial charge in [0.25, 0.3) is 0 Å². The lowest BCUT2D eigenvalue weighted by Crippen LogP contribution is -2.08. The summed E-state index contributed by atoms with van der Waals surface area (Å²) in [7, 11) is 0. The molecule has 0 amide bonds. The first-order chi connectivity index (χ1) is 8.29. The zero-order chi connectivity index (χ0) is 12.1. The third kappa shape index (κ3) is 3.30. The van der Waals surface area contributed by atoms with Crippen molar-refractivity contribution in [2.75, 3.05) is 0 Å². The molecule has 0 fully saturated rings. The Morgan fingerprint density at radius 2 is 2.06 bits per heavy atom.